The van der Waals surface area contributed by atoms with Crippen molar-refractivity contribution in [2.75, 3.05) is 33.2 Å². The second-order valence-electron chi connectivity index (χ2n) is 3.91. The highest BCUT2D eigenvalue weighted by Crippen LogP contribution is 2.20. The summed E-state index contributed by atoms with van der Waals surface area (Å²) in [4.78, 5) is 17.5. The van der Waals surface area contributed by atoms with Crippen molar-refractivity contribution in [1.29, 1.82) is 0 Å². The topological polar surface area (TPSA) is 63.7 Å². The zero-order valence-corrected chi connectivity index (χ0v) is 11.1. The van der Waals surface area contributed by atoms with Gasteiger partial charge in [0.15, 0.2) is 0 Å². The number of nitrogens with zero attached hydrogens (tertiary/aromatic N) is 2. The van der Waals surface area contributed by atoms with Crippen molar-refractivity contribution in [3.05, 3.63) is 18.3 Å². The number of amides is 2. The van der Waals surface area contributed by atoms with Crippen molar-refractivity contribution in [2.45, 2.75) is 13.0 Å². The number of carbonyl (C=O) groups excluding carboxylic acids is 1. The zero-order chi connectivity index (χ0) is 13.5. The molecular weight excluding hydrogens is 234 g/mol. The molecule has 100 valence electrons. The lowest BCUT2D eigenvalue weighted by atomic mass is 10.3. The molecule has 6 nitrogen and oxygen atoms in total. The lowest BCUT2D eigenvalue weighted by molar-refractivity contribution is 0.128. The molecule has 0 spiro atoms. The Morgan fingerprint density at radius 3 is 2.89 bits per heavy atom. The fraction of sp³-hybridized carbons (Fsp3) is 0.500. The minimum absolute atomic E-state index is 0.0160. The summed E-state index contributed by atoms with van der Waals surface area (Å²) in [7, 11) is 4.82. The molecule has 0 radical (unpaired) electrons. The maximum Gasteiger partial charge on any atom is 0.322 e. The van der Waals surface area contributed by atoms with E-state index in [0.29, 0.717) is 18.2 Å². The van der Waals surface area contributed by atoms with Crippen molar-refractivity contribution in [2.24, 2.45) is 0 Å². The number of ether oxygens (including phenoxy) is 2. The van der Waals surface area contributed by atoms with Crippen LogP contribution in [0, 0.1) is 0 Å². The minimum Gasteiger partial charge on any atom is -0.480 e. The van der Waals surface area contributed by atoms with Crippen LogP contribution in [0.3, 0.4) is 0 Å². The summed E-state index contributed by atoms with van der Waals surface area (Å²) in [6.45, 7) is 2.39. The number of aromatic nitrogens is 1. The molecule has 1 rings (SSSR count). The molecule has 0 saturated carbocycles. The maximum atomic E-state index is 12.0. The lowest BCUT2D eigenvalue weighted by Gasteiger charge is -2.24. The van der Waals surface area contributed by atoms with Gasteiger partial charge in [0.1, 0.15) is 5.69 Å². The van der Waals surface area contributed by atoms with Crippen molar-refractivity contribution >= 4 is 11.7 Å². The lowest BCUT2D eigenvalue weighted by Crippen LogP contribution is -2.40. The number of nitrogens with one attached hydrogen (secondary N) is 1. The van der Waals surface area contributed by atoms with Gasteiger partial charge in [0, 0.05) is 20.4 Å². The summed E-state index contributed by atoms with van der Waals surface area (Å²) in [5.41, 5.74) is 0.543. The van der Waals surface area contributed by atoms with E-state index in [2.05, 4.69) is 10.3 Å². The van der Waals surface area contributed by atoms with Gasteiger partial charge in [-0.05, 0) is 19.1 Å². The summed E-state index contributed by atoms with van der Waals surface area (Å²) in [6, 6.07) is 3.22. The number of rotatable bonds is 5. The van der Waals surface area contributed by atoms with Crippen LogP contribution in [-0.4, -0.2) is 49.8 Å². The molecule has 1 unspecified atom stereocenters. The molecule has 0 fully saturated rings. The predicted molar refractivity (Wildman–Crippen MR) is 68.9 cm³/mol. The van der Waals surface area contributed by atoms with Crippen LogP contribution < -0.4 is 10.1 Å². The third kappa shape index (κ3) is 3.59. The van der Waals surface area contributed by atoms with Crippen LogP contribution in [0.15, 0.2) is 18.3 Å². The Kier molecular flexibility index (Phi) is 5.38. The van der Waals surface area contributed by atoms with E-state index in [-0.39, 0.29) is 12.1 Å². The number of pyridine rings is 1. The van der Waals surface area contributed by atoms with Gasteiger partial charge in [-0.3, -0.25) is 0 Å². The molecule has 1 aromatic rings. The van der Waals surface area contributed by atoms with Gasteiger partial charge in [0.05, 0.1) is 19.8 Å². The Labute approximate surface area is 107 Å². The van der Waals surface area contributed by atoms with Gasteiger partial charge in [-0.15, -0.1) is 0 Å². The Morgan fingerprint density at radius 1 is 1.56 bits per heavy atom. The maximum absolute atomic E-state index is 12.0. The first-order valence-corrected chi connectivity index (χ1v) is 5.62. The van der Waals surface area contributed by atoms with Gasteiger partial charge in [0.2, 0.25) is 5.88 Å². The minimum atomic E-state index is -0.231. The van der Waals surface area contributed by atoms with Gasteiger partial charge >= 0.3 is 6.03 Å². The second-order valence-corrected chi connectivity index (χ2v) is 3.91. The molecule has 0 aliphatic rings. The van der Waals surface area contributed by atoms with Crippen molar-refractivity contribution in [1.82, 2.24) is 9.88 Å². The molecule has 1 heterocycles. The Bertz CT molecular complexity index is 398. The molecule has 0 aromatic carbocycles. The molecule has 6 heteroatoms. The monoisotopic (exact) mass is 253 g/mol. The van der Waals surface area contributed by atoms with Crippen molar-refractivity contribution in [3.8, 4) is 5.88 Å². The van der Waals surface area contributed by atoms with Crippen LogP contribution in [-0.2, 0) is 4.74 Å². The van der Waals surface area contributed by atoms with Gasteiger partial charge in [0.25, 0.3) is 0 Å². The number of hydrogen-bond donors (Lipinski definition) is 1. The van der Waals surface area contributed by atoms with Crippen LogP contribution in [0.2, 0.25) is 0 Å². The Hall–Kier alpha value is -1.82. The highest BCUT2D eigenvalue weighted by Gasteiger charge is 2.17. The number of methoxy groups -OCH3 is 2. The molecular formula is C12H19N3O3. The fourth-order valence-electron chi connectivity index (χ4n) is 1.41. The van der Waals surface area contributed by atoms with E-state index in [0.717, 1.165) is 0 Å². The van der Waals surface area contributed by atoms with Crippen LogP contribution in [0.5, 0.6) is 5.88 Å². The average molecular weight is 253 g/mol. The smallest absolute Gasteiger partial charge is 0.322 e. The predicted octanol–water partition coefficient (Wildman–Crippen LogP) is 1.59. The molecule has 0 aliphatic carbocycles. The van der Waals surface area contributed by atoms with E-state index < -0.39 is 0 Å². The highest BCUT2D eigenvalue weighted by atomic mass is 16.5. The van der Waals surface area contributed by atoms with Gasteiger partial charge in [-0.25, -0.2) is 9.78 Å². The van der Waals surface area contributed by atoms with E-state index in [9.17, 15) is 4.79 Å². The third-order valence-electron chi connectivity index (χ3n) is 2.60. The summed E-state index contributed by atoms with van der Waals surface area (Å²) < 4.78 is 10.1. The second kappa shape index (κ2) is 6.80. The van der Waals surface area contributed by atoms with Crippen LogP contribution in [0.1, 0.15) is 6.92 Å². The zero-order valence-electron chi connectivity index (χ0n) is 11.1. The first kappa shape index (κ1) is 14.2. The average Bonchev–Trinajstić information content (AvgIpc) is 2.38. The summed E-state index contributed by atoms with van der Waals surface area (Å²) in [5, 5.41) is 2.74. The largest absolute Gasteiger partial charge is 0.480 e. The van der Waals surface area contributed by atoms with Gasteiger partial charge in [-0.1, -0.05) is 0 Å². The molecule has 1 atom stereocenters. The first-order chi connectivity index (χ1) is 8.60. The molecule has 0 aliphatic heterocycles. The summed E-state index contributed by atoms with van der Waals surface area (Å²) in [5.74, 6) is 0.388. The Morgan fingerprint density at radius 2 is 2.28 bits per heavy atom. The van der Waals surface area contributed by atoms with Crippen LogP contribution in [0.4, 0.5) is 10.5 Å². The first-order valence-electron chi connectivity index (χ1n) is 5.62. The Balaban J connectivity index is 2.69. The molecule has 1 aromatic heterocycles. The van der Waals surface area contributed by atoms with E-state index in [1.54, 1.807) is 37.4 Å². The van der Waals surface area contributed by atoms with Gasteiger partial charge < -0.3 is 19.7 Å². The van der Waals surface area contributed by atoms with Crippen molar-refractivity contribution in [3.63, 3.8) is 0 Å². The van der Waals surface area contributed by atoms with E-state index in [1.165, 1.54) is 7.11 Å². The summed E-state index contributed by atoms with van der Waals surface area (Å²) >= 11 is 0. The summed E-state index contributed by atoms with van der Waals surface area (Å²) in [6.07, 6.45) is 1.60. The number of anilines is 1. The number of carbonyl (C=O) groups is 1. The number of urea groups is 1. The third-order valence-corrected chi connectivity index (χ3v) is 2.60. The van der Waals surface area contributed by atoms with E-state index in [1.807, 2.05) is 6.92 Å². The quantitative estimate of drug-likeness (QED) is 0.865. The van der Waals surface area contributed by atoms with E-state index in [4.69, 9.17) is 9.47 Å². The molecule has 2 amide bonds. The molecule has 1 N–H and O–H groups in total. The molecule has 0 saturated heterocycles. The molecule has 0 bridgehead atoms. The van der Waals surface area contributed by atoms with E-state index >= 15 is 0 Å². The van der Waals surface area contributed by atoms with Crippen LogP contribution in [0.25, 0.3) is 0 Å². The standard InChI is InChI=1S/C12H19N3O3/c1-9(8-17-3)15(2)12(16)14-10-6-5-7-13-11(10)18-4/h5-7,9H,8H2,1-4H3,(H,14,16). The van der Waals surface area contributed by atoms with Gasteiger partial charge in [-0.2, -0.15) is 0 Å². The number of likely N-dealkylation sites (N-methyl/N-ethyl adjacent to an activating group) is 1. The van der Waals surface area contributed by atoms with Crippen molar-refractivity contribution < 1.29 is 14.3 Å². The highest BCUT2D eigenvalue weighted by molar-refractivity contribution is 5.90. The molecule has 18 heavy (non-hydrogen) atoms. The normalized spacial score (nSPS) is 11.8. The fourth-order valence-corrected chi connectivity index (χ4v) is 1.41. The number of hydrogen-bond acceptors (Lipinski definition) is 4. The van der Waals surface area contributed by atoms with Crippen LogP contribution >= 0.6 is 0 Å². The SMILES string of the molecule is COCC(C)N(C)C(=O)Nc1cccnc1OC.